The summed E-state index contributed by atoms with van der Waals surface area (Å²) >= 11 is 0. The first-order chi connectivity index (χ1) is 33.9. The Bertz CT molecular complexity index is 2870. The van der Waals surface area contributed by atoms with E-state index in [0.29, 0.717) is 52.4 Å². The number of aromatic nitrogens is 6. The van der Waals surface area contributed by atoms with Crippen LogP contribution in [0.3, 0.4) is 0 Å². The number of rotatable bonds is 15. The molecular weight excluding hydrogens is 881 g/mol. The van der Waals surface area contributed by atoms with Crippen molar-refractivity contribution in [2.75, 3.05) is 26.2 Å². The molecule has 70 heavy (non-hydrogen) atoms. The smallest absolute Gasteiger partial charge is 0.164 e. The molecule has 8 aromatic rings. The average molecular weight is 943 g/mol. The molecule has 0 saturated carbocycles. The summed E-state index contributed by atoms with van der Waals surface area (Å²) in [5.74, 6) is -1.37. The predicted molar refractivity (Wildman–Crippen MR) is 268 cm³/mol. The Morgan fingerprint density at radius 2 is 0.829 bits per heavy atom. The maximum Gasteiger partial charge on any atom is 0.164 e. The van der Waals surface area contributed by atoms with Gasteiger partial charge in [-0.1, -0.05) is 107 Å². The van der Waals surface area contributed by atoms with E-state index in [4.69, 9.17) is 49.0 Å². The lowest BCUT2D eigenvalue weighted by Gasteiger charge is -2.32. The monoisotopic (exact) mass is 942 g/mol. The fraction of sp³-hybridized carbons (Fsp3) is 0.429. The Morgan fingerprint density at radius 1 is 0.486 bits per heavy atom. The van der Waals surface area contributed by atoms with Crippen molar-refractivity contribution in [3.8, 4) is 0 Å². The molecule has 4 fully saturated rings. The van der Waals surface area contributed by atoms with Crippen molar-refractivity contribution in [2.24, 2.45) is 0 Å². The maximum absolute atomic E-state index is 6.63. The highest BCUT2D eigenvalue weighted by atomic mass is 16.8. The first-order valence-corrected chi connectivity index (χ1v) is 24.9. The Kier molecular flexibility index (Phi) is 11.8. The molecule has 6 heterocycles. The molecule has 12 rings (SSSR count). The minimum atomic E-state index is -0.684. The standard InChI is InChI=1S/C56H62N8O6/c1-35-51-53(69-55(3,4)67-51)49(65-35)33-61(27-41-29-63(59-57-41)31-47-43-19-11-7-15-37(43)25-38-16-8-12-20-44(38)47)23-24-62(34-50-54-52(36(2)66-50)68-56(5,6)70-54)28-42-30-64(60-58-42)32-48-45-21-13-9-17-39(45)26-40-18-10-14-22-46(40)48/h7-22,25-26,29-30,35-36,49-54H,23-24,27-28,31-34H2,1-6H3/t35-,36+,49+,50-,51-,52+,53+,54-. The lowest BCUT2D eigenvalue weighted by atomic mass is 9.97. The largest absolute Gasteiger partial charge is 0.368 e. The second-order valence-electron chi connectivity index (χ2n) is 20.8. The van der Waals surface area contributed by atoms with E-state index < -0.39 is 11.6 Å². The van der Waals surface area contributed by atoms with Gasteiger partial charge in [-0.3, -0.25) is 9.80 Å². The number of hydrogen-bond donors (Lipinski definition) is 0. The van der Waals surface area contributed by atoms with Gasteiger partial charge in [0.15, 0.2) is 11.6 Å². The van der Waals surface area contributed by atoms with Crippen LogP contribution in [0.4, 0.5) is 0 Å². The van der Waals surface area contributed by atoms with Gasteiger partial charge in [0.1, 0.15) is 24.4 Å². The Hall–Kier alpha value is -5.68. The summed E-state index contributed by atoms with van der Waals surface area (Å²) in [7, 11) is 0. The fourth-order valence-electron chi connectivity index (χ4n) is 11.7. The number of fused-ring (bicyclic) bond motifs is 6. The first-order valence-electron chi connectivity index (χ1n) is 24.9. The van der Waals surface area contributed by atoms with Crippen LogP contribution in [0.25, 0.3) is 43.1 Å². The van der Waals surface area contributed by atoms with Crippen LogP contribution in [0.5, 0.6) is 0 Å². The van der Waals surface area contributed by atoms with Crippen LogP contribution in [0.1, 0.15) is 64.1 Å². The van der Waals surface area contributed by atoms with Gasteiger partial charge >= 0.3 is 0 Å². The quantitative estimate of drug-likeness (QED) is 0.0917. The second-order valence-corrected chi connectivity index (χ2v) is 20.8. The summed E-state index contributed by atoms with van der Waals surface area (Å²) in [5, 5.41) is 28.7. The summed E-state index contributed by atoms with van der Waals surface area (Å²) in [4.78, 5) is 4.84. The molecule has 8 atom stereocenters. The lowest BCUT2D eigenvalue weighted by molar-refractivity contribution is -0.187. The molecule has 0 N–H and O–H groups in total. The predicted octanol–water partition coefficient (Wildman–Crippen LogP) is 8.50. The summed E-state index contributed by atoms with van der Waals surface area (Å²) in [5.41, 5.74) is 4.21. The zero-order valence-electron chi connectivity index (χ0n) is 40.8. The summed E-state index contributed by atoms with van der Waals surface area (Å²) in [6.45, 7) is 17.0. The maximum atomic E-state index is 6.63. The van der Waals surface area contributed by atoms with Crippen LogP contribution in [0, 0.1) is 0 Å². The van der Waals surface area contributed by atoms with Gasteiger partial charge in [-0.15, -0.1) is 10.2 Å². The molecule has 0 aliphatic carbocycles. The number of hydrogen-bond acceptors (Lipinski definition) is 12. The molecule has 4 saturated heterocycles. The number of nitrogens with zero attached hydrogens (tertiary/aromatic N) is 8. The van der Waals surface area contributed by atoms with Gasteiger partial charge in [0, 0.05) is 39.3 Å². The number of ether oxygens (including phenoxy) is 6. The molecule has 4 aliphatic rings. The molecule has 6 aromatic carbocycles. The SMILES string of the molecule is C[C@@H]1O[C@H](CN(CCN(Cc2cn(Cc3c4ccccc4cc4ccccc34)nn2)C[C@@H]2O[C@H](C)[C@H]3OC(C)(C)O[C@H]32)Cc2cn(Cc3c4ccccc4cc4ccccc34)nn2)[C@H]2OC(C)(C)O[C@H]21. The van der Waals surface area contributed by atoms with E-state index in [0.717, 1.165) is 11.4 Å². The van der Waals surface area contributed by atoms with E-state index in [9.17, 15) is 0 Å². The van der Waals surface area contributed by atoms with Crippen LogP contribution in [-0.4, -0.2) is 126 Å². The minimum Gasteiger partial charge on any atom is -0.368 e. The summed E-state index contributed by atoms with van der Waals surface area (Å²) < 4.78 is 43.0. The molecule has 0 radical (unpaired) electrons. The van der Waals surface area contributed by atoms with E-state index in [2.05, 4.69) is 145 Å². The van der Waals surface area contributed by atoms with Crippen molar-refractivity contribution in [3.05, 3.63) is 144 Å². The molecule has 4 aliphatic heterocycles. The van der Waals surface area contributed by atoms with Gasteiger partial charge in [-0.25, -0.2) is 9.36 Å². The van der Waals surface area contributed by atoms with E-state index in [1.54, 1.807) is 0 Å². The van der Waals surface area contributed by atoms with Gasteiger partial charge in [-0.2, -0.15) is 0 Å². The lowest BCUT2D eigenvalue weighted by Crippen LogP contribution is -2.45. The Labute approximate surface area is 408 Å². The highest BCUT2D eigenvalue weighted by Gasteiger charge is 2.55. The highest BCUT2D eigenvalue weighted by molar-refractivity contribution is 6.03. The van der Waals surface area contributed by atoms with Gasteiger partial charge in [-0.05, 0) is 108 Å². The van der Waals surface area contributed by atoms with Gasteiger partial charge in [0.05, 0.1) is 61.3 Å². The topological polar surface area (TPSA) is 123 Å². The second kappa shape index (κ2) is 18.2. The van der Waals surface area contributed by atoms with Crippen LogP contribution in [0.15, 0.2) is 122 Å². The molecule has 14 heteroatoms. The van der Waals surface area contributed by atoms with Crippen molar-refractivity contribution in [2.45, 2.75) is 128 Å². The first kappa shape index (κ1) is 45.5. The third kappa shape index (κ3) is 9.00. The normalized spacial score (nSPS) is 25.9. The van der Waals surface area contributed by atoms with Gasteiger partial charge in [0.25, 0.3) is 0 Å². The zero-order valence-corrected chi connectivity index (χ0v) is 40.8. The molecule has 2 aromatic heterocycles. The van der Waals surface area contributed by atoms with Crippen molar-refractivity contribution >= 4 is 43.1 Å². The molecule has 362 valence electrons. The van der Waals surface area contributed by atoms with Crippen molar-refractivity contribution in [1.29, 1.82) is 0 Å². The molecule has 0 amide bonds. The van der Waals surface area contributed by atoms with E-state index in [-0.39, 0.29) is 48.8 Å². The third-order valence-electron chi connectivity index (χ3n) is 14.7. The molecule has 0 unspecified atom stereocenters. The van der Waals surface area contributed by atoms with Crippen LogP contribution < -0.4 is 0 Å². The Balaban J connectivity index is 0.828. The zero-order chi connectivity index (χ0) is 47.7. The van der Waals surface area contributed by atoms with Crippen LogP contribution >= 0.6 is 0 Å². The summed E-state index contributed by atoms with van der Waals surface area (Å²) in [6.07, 6.45) is 2.89. The molecule has 0 bridgehead atoms. The van der Waals surface area contributed by atoms with E-state index in [1.807, 2.05) is 37.1 Å². The number of benzene rings is 6. The van der Waals surface area contributed by atoms with E-state index >= 15 is 0 Å². The molecule has 14 nitrogen and oxygen atoms in total. The van der Waals surface area contributed by atoms with E-state index in [1.165, 1.54) is 54.2 Å². The highest BCUT2D eigenvalue weighted by Crippen LogP contribution is 2.41. The summed E-state index contributed by atoms with van der Waals surface area (Å²) in [6, 6.07) is 38.9. The van der Waals surface area contributed by atoms with Crippen LogP contribution in [0.2, 0.25) is 0 Å². The van der Waals surface area contributed by atoms with Gasteiger partial charge < -0.3 is 28.4 Å². The van der Waals surface area contributed by atoms with Crippen molar-refractivity contribution in [3.63, 3.8) is 0 Å². The van der Waals surface area contributed by atoms with Gasteiger partial charge in [0.2, 0.25) is 0 Å². The fourth-order valence-corrected chi connectivity index (χ4v) is 11.7. The molecular formula is C56H62N8O6. The van der Waals surface area contributed by atoms with Crippen LogP contribution in [-0.2, 0) is 54.6 Å². The molecule has 0 spiro atoms. The third-order valence-corrected chi connectivity index (χ3v) is 14.7. The Morgan fingerprint density at radius 3 is 1.20 bits per heavy atom. The van der Waals surface area contributed by atoms with Crippen molar-refractivity contribution in [1.82, 2.24) is 39.8 Å². The van der Waals surface area contributed by atoms with Crippen molar-refractivity contribution < 1.29 is 28.4 Å². The average Bonchev–Trinajstić information content (AvgIpc) is 4.20. The minimum absolute atomic E-state index is 0.103.